The predicted molar refractivity (Wildman–Crippen MR) is 104 cm³/mol. The second-order valence-corrected chi connectivity index (χ2v) is 10.1. The van der Waals surface area contributed by atoms with Crippen LogP contribution in [0, 0.1) is 23.2 Å². The number of hydrogen-bond acceptors (Lipinski definition) is 5. The number of hydrogen-bond donors (Lipinski definition) is 0. The van der Waals surface area contributed by atoms with Crippen molar-refractivity contribution in [1.29, 1.82) is 5.26 Å². The molecule has 1 aromatic carbocycles. The lowest BCUT2D eigenvalue weighted by molar-refractivity contribution is -0.135. The highest BCUT2D eigenvalue weighted by Crippen LogP contribution is 2.49. The fourth-order valence-corrected chi connectivity index (χ4v) is 6.90. The summed E-state index contributed by atoms with van der Waals surface area (Å²) in [5.74, 6) is -0.158. The number of sulfonamides is 1. The zero-order valence-electron chi connectivity index (χ0n) is 16.5. The van der Waals surface area contributed by atoms with Gasteiger partial charge in [-0.2, -0.15) is 9.57 Å². The maximum absolute atomic E-state index is 13.1. The van der Waals surface area contributed by atoms with E-state index < -0.39 is 15.6 Å². The topological polar surface area (TPSA) is 102 Å². The molecule has 0 unspecified atom stereocenters. The minimum Gasteiger partial charge on any atom is -0.342 e. The third kappa shape index (κ3) is 2.85. The van der Waals surface area contributed by atoms with Crippen LogP contribution in [0.2, 0.25) is 0 Å². The van der Waals surface area contributed by atoms with Crippen molar-refractivity contribution in [2.45, 2.75) is 30.2 Å². The van der Waals surface area contributed by atoms with Crippen LogP contribution in [0.4, 0.5) is 0 Å². The van der Waals surface area contributed by atoms with Gasteiger partial charge in [0.25, 0.3) is 0 Å². The maximum Gasteiger partial charge on any atom is 0.244 e. The summed E-state index contributed by atoms with van der Waals surface area (Å²) < 4.78 is 27.7. The van der Waals surface area contributed by atoms with E-state index in [9.17, 15) is 23.3 Å². The molecule has 3 saturated heterocycles. The number of benzene rings is 1. The van der Waals surface area contributed by atoms with E-state index >= 15 is 0 Å². The molecule has 3 aliphatic rings. The second-order valence-electron chi connectivity index (χ2n) is 8.15. The number of amides is 2. The minimum absolute atomic E-state index is 0.0239. The van der Waals surface area contributed by atoms with Gasteiger partial charge in [0, 0.05) is 46.1 Å². The molecular weight excluding hydrogens is 392 g/mol. The maximum atomic E-state index is 13.1. The van der Waals surface area contributed by atoms with Gasteiger partial charge in [-0.25, -0.2) is 8.42 Å². The first-order valence-corrected chi connectivity index (χ1v) is 11.2. The van der Waals surface area contributed by atoms with Crippen LogP contribution in [0.5, 0.6) is 0 Å². The number of carbonyl (C=O) groups is 2. The summed E-state index contributed by atoms with van der Waals surface area (Å²) in [7, 11) is -1.99. The average Bonchev–Trinajstić information content (AvgIpc) is 3.25. The largest absolute Gasteiger partial charge is 0.342 e. The number of nitrogens with zero attached hydrogens (tertiary/aromatic N) is 4. The molecule has 8 nitrogen and oxygen atoms in total. The summed E-state index contributed by atoms with van der Waals surface area (Å²) in [6, 6.07) is 8.17. The summed E-state index contributed by atoms with van der Waals surface area (Å²) >= 11 is 0. The lowest BCUT2D eigenvalue weighted by Crippen LogP contribution is -2.56. The highest BCUT2D eigenvalue weighted by Gasteiger charge is 2.61. The van der Waals surface area contributed by atoms with Crippen molar-refractivity contribution in [1.82, 2.24) is 14.1 Å². The summed E-state index contributed by atoms with van der Waals surface area (Å²) in [5.41, 5.74) is -0.291. The Morgan fingerprint density at radius 3 is 2.48 bits per heavy atom. The van der Waals surface area contributed by atoms with Crippen LogP contribution in [0.3, 0.4) is 0 Å². The van der Waals surface area contributed by atoms with Gasteiger partial charge in [0.05, 0.1) is 21.9 Å². The lowest BCUT2D eigenvalue weighted by Gasteiger charge is -2.46. The lowest BCUT2D eigenvalue weighted by atomic mass is 9.75. The first-order chi connectivity index (χ1) is 13.7. The zero-order chi connectivity index (χ0) is 21.0. The number of piperidine rings is 1. The monoisotopic (exact) mass is 416 g/mol. The van der Waals surface area contributed by atoms with Gasteiger partial charge in [0.15, 0.2) is 0 Å². The van der Waals surface area contributed by atoms with E-state index in [1.807, 2.05) is 6.07 Å². The van der Waals surface area contributed by atoms with Crippen molar-refractivity contribution in [3.8, 4) is 6.07 Å². The van der Waals surface area contributed by atoms with Gasteiger partial charge in [0.1, 0.15) is 6.07 Å². The molecule has 0 aromatic heterocycles. The molecule has 2 amide bonds. The number of likely N-dealkylation sites (tertiary alicyclic amines) is 2. The van der Waals surface area contributed by atoms with Gasteiger partial charge in [-0.3, -0.25) is 9.59 Å². The van der Waals surface area contributed by atoms with Crippen LogP contribution >= 0.6 is 0 Å². The summed E-state index contributed by atoms with van der Waals surface area (Å²) in [6.45, 7) is 3.07. The van der Waals surface area contributed by atoms with E-state index in [4.69, 9.17) is 0 Å². The van der Waals surface area contributed by atoms with Crippen LogP contribution < -0.4 is 0 Å². The van der Waals surface area contributed by atoms with Gasteiger partial charge in [0.2, 0.25) is 21.8 Å². The van der Waals surface area contributed by atoms with E-state index in [1.165, 1.54) is 23.4 Å². The van der Waals surface area contributed by atoms with Crippen LogP contribution in [-0.4, -0.2) is 73.1 Å². The fraction of sp³-hybridized carbons (Fsp3) is 0.550. The Kier molecular flexibility index (Phi) is 4.67. The number of nitriles is 1. The highest BCUT2D eigenvalue weighted by atomic mass is 32.2. The van der Waals surface area contributed by atoms with E-state index in [0.29, 0.717) is 25.9 Å². The van der Waals surface area contributed by atoms with Crippen LogP contribution in [0.15, 0.2) is 29.2 Å². The Labute approximate surface area is 170 Å². The normalized spacial score (nSPS) is 26.6. The van der Waals surface area contributed by atoms with Crippen LogP contribution in [0.25, 0.3) is 0 Å². The quantitative estimate of drug-likeness (QED) is 0.704. The number of carbonyl (C=O) groups excluding carboxylic acids is 2. The van der Waals surface area contributed by atoms with Crippen LogP contribution in [0.1, 0.15) is 25.3 Å². The average molecular weight is 417 g/mol. The molecule has 3 aliphatic heterocycles. The summed E-state index contributed by atoms with van der Waals surface area (Å²) in [6.07, 6.45) is 1.05. The Hall–Kier alpha value is -2.44. The van der Waals surface area contributed by atoms with Crippen molar-refractivity contribution < 1.29 is 18.0 Å². The molecule has 3 fully saturated rings. The highest BCUT2D eigenvalue weighted by molar-refractivity contribution is 7.89. The third-order valence-corrected chi connectivity index (χ3v) is 8.94. The zero-order valence-corrected chi connectivity index (χ0v) is 17.4. The van der Waals surface area contributed by atoms with E-state index in [1.54, 1.807) is 29.0 Å². The Morgan fingerprint density at radius 2 is 1.86 bits per heavy atom. The first-order valence-electron chi connectivity index (χ1n) is 9.75. The minimum atomic E-state index is -3.79. The second kappa shape index (κ2) is 6.82. The molecule has 1 aromatic rings. The molecule has 2 atom stereocenters. The number of rotatable bonds is 2. The molecule has 0 aliphatic carbocycles. The van der Waals surface area contributed by atoms with Gasteiger partial charge in [-0.15, -0.1) is 0 Å². The van der Waals surface area contributed by atoms with Gasteiger partial charge in [-0.05, 0) is 25.0 Å². The molecule has 154 valence electrons. The van der Waals surface area contributed by atoms with Gasteiger partial charge < -0.3 is 9.80 Å². The first kappa shape index (κ1) is 19.9. The van der Waals surface area contributed by atoms with Crippen molar-refractivity contribution in [3.05, 3.63) is 29.8 Å². The molecule has 0 bridgehead atoms. The van der Waals surface area contributed by atoms with Gasteiger partial charge >= 0.3 is 0 Å². The van der Waals surface area contributed by atoms with Crippen molar-refractivity contribution in [3.63, 3.8) is 0 Å². The smallest absolute Gasteiger partial charge is 0.244 e. The van der Waals surface area contributed by atoms with E-state index in [2.05, 4.69) is 0 Å². The van der Waals surface area contributed by atoms with Gasteiger partial charge in [-0.1, -0.05) is 12.1 Å². The molecule has 9 heteroatoms. The fourth-order valence-electron chi connectivity index (χ4n) is 5.32. The third-order valence-electron chi connectivity index (χ3n) is 6.98. The standard InChI is InChI=1S/C20H24N4O4S/c1-14(25)23-12-16-17(13-23)20(22(2)19(16)26)7-9-24(10-8-20)29(27,28)18-6-4-3-5-15(18)11-21/h3-6,16-17H,7-10,12-13H2,1-2H3/t16-,17+/m1/s1. The Morgan fingerprint density at radius 1 is 1.21 bits per heavy atom. The Balaban J connectivity index is 1.58. The summed E-state index contributed by atoms with van der Waals surface area (Å²) in [4.78, 5) is 28.2. The molecule has 3 heterocycles. The molecule has 0 saturated carbocycles. The molecular formula is C20H24N4O4S. The van der Waals surface area contributed by atoms with E-state index in [-0.39, 0.29) is 47.2 Å². The summed E-state index contributed by atoms with van der Waals surface area (Å²) in [5, 5.41) is 9.27. The van der Waals surface area contributed by atoms with Crippen LogP contribution in [-0.2, 0) is 19.6 Å². The van der Waals surface area contributed by atoms with Crippen molar-refractivity contribution in [2.24, 2.45) is 11.8 Å². The Bertz CT molecular complexity index is 1010. The molecule has 0 radical (unpaired) electrons. The molecule has 1 spiro atoms. The molecule has 4 rings (SSSR count). The number of fused-ring (bicyclic) bond motifs is 2. The van der Waals surface area contributed by atoms with Crippen molar-refractivity contribution >= 4 is 21.8 Å². The molecule has 0 N–H and O–H groups in total. The SMILES string of the molecule is CC(=O)N1C[C@H]2C(=O)N(C)C3(CCN(S(=O)(=O)c4ccccc4C#N)CC3)[C@H]2C1. The van der Waals surface area contributed by atoms with Crippen molar-refractivity contribution in [2.75, 3.05) is 33.2 Å². The predicted octanol–water partition coefficient (Wildman–Crippen LogP) is 0.648. The van der Waals surface area contributed by atoms with E-state index in [0.717, 1.165) is 0 Å². The molecule has 29 heavy (non-hydrogen) atoms.